The van der Waals surface area contributed by atoms with Crippen LogP contribution in [0.1, 0.15) is 20.7 Å². The molecule has 0 fully saturated rings. The molecule has 2 amide bonds. The molecule has 0 saturated carbocycles. The minimum absolute atomic E-state index is 0.0783. The summed E-state index contributed by atoms with van der Waals surface area (Å²) in [6.45, 7) is 0.0783. The molecule has 1 aromatic carbocycles. The van der Waals surface area contributed by atoms with E-state index in [1.54, 1.807) is 24.3 Å². The molecule has 0 atom stereocenters. The third-order valence-corrected chi connectivity index (χ3v) is 2.87. The first-order valence-corrected chi connectivity index (χ1v) is 5.89. The molecule has 0 aromatic heterocycles. The summed E-state index contributed by atoms with van der Waals surface area (Å²) in [5.41, 5.74) is 0.805. The quantitative estimate of drug-likeness (QED) is 0.471. The normalized spacial score (nSPS) is 14.4. The van der Waals surface area contributed by atoms with Crippen molar-refractivity contribution >= 4 is 29.2 Å². The monoisotopic (exact) mass is 263 g/mol. The number of carbonyl (C=O) groups is 3. The number of halogens is 1. The fraction of sp³-hybridized carbons (Fsp3) is 0.154. The highest BCUT2D eigenvalue weighted by atomic mass is 35.5. The number of fused-ring (bicyclic) bond motifs is 1. The zero-order valence-electron chi connectivity index (χ0n) is 9.43. The summed E-state index contributed by atoms with van der Waals surface area (Å²) in [6, 6.07) is 6.65. The van der Waals surface area contributed by atoms with Gasteiger partial charge in [0.25, 0.3) is 11.8 Å². The Morgan fingerprint density at radius 1 is 1.17 bits per heavy atom. The van der Waals surface area contributed by atoms with E-state index < -0.39 is 0 Å². The number of nitrogens with zero attached hydrogens (tertiary/aromatic N) is 1. The standard InChI is InChI=1S/C13H10ClNO3/c14-8-9(16)4-3-7-15-12(17)10-5-1-2-6-11(10)13(15)18/h1-6H,7-8H2. The van der Waals surface area contributed by atoms with Crippen LogP contribution in [-0.4, -0.2) is 34.9 Å². The highest BCUT2D eigenvalue weighted by molar-refractivity contribution is 6.29. The molecule has 92 valence electrons. The van der Waals surface area contributed by atoms with Crippen molar-refractivity contribution in [2.45, 2.75) is 0 Å². The van der Waals surface area contributed by atoms with Gasteiger partial charge >= 0.3 is 0 Å². The zero-order chi connectivity index (χ0) is 13.1. The fourth-order valence-corrected chi connectivity index (χ4v) is 1.83. The Labute approximate surface area is 109 Å². The van der Waals surface area contributed by atoms with E-state index in [1.807, 2.05) is 0 Å². The number of rotatable bonds is 4. The Balaban J connectivity index is 2.14. The second kappa shape index (κ2) is 5.14. The van der Waals surface area contributed by atoms with Crippen LogP contribution in [0.4, 0.5) is 0 Å². The number of ketones is 1. The Morgan fingerprint density at radius 2 is 1.72 bits per heavy atom. The first kappa shape index (κ1) is 12.5. The van der Waals surface area contributed by atoms with Crippen molar-refractivity contribution in [3.05, 3.63) is 47.5 Å². The van der Waals surface area contributed by atoms with Crippen molar-refractivity contribution in [3.8, 4) is 0 Å². The van der Waals surface area contributed by atoms with Crippen molar-refractivity contribution < 1.29 is 14.4 Å². The minimum Gasteiger partial charge on any atom is -0.294 e. The van der Waals surface area contributed by atoms with Gasteiger partial charge < -0.3 is 0 Å². The number of carbonyl (C=O) groups excluding carboxylic acids is 3. The van der Waals surface area contributed by atoms with Crippen molar-refractivity contribution in [3.63, 3.8) is 0 Å². The molecule has 2 rings (SSSR count). The number of imide groups is 1. The average molecular weight is 264 g/mol. The Morgan fingerprint density at radius 3 is 2.22 bits per heavy atom. The molecule has 18 heavy (non-hydrogen) atoms. The summed E-state index contributed by atoms with van der Waals surface area (Å²) in [7, 11) is 0. The molecule has 0 aliphatic carbocycles. The number of hydrogen-bond acceptors (Lipinski definition) is 3. The van der Waals surface area contributed by atoms with Gasteiger partial charge in [0.2, 0.25) is 0 Å². The summed E-state index contributed by atoms with van der Waals surface area (Å²) >= 11 is 5.33. The fourth-order valence-electron chi connectivity index (χ4n) is 1.74. The smallest absolute Gasteiger partial charge is 0.261 e. The number of allylic oxidation sites excluding steroid dienone is 1. The molecule has 1 heterocycles. The first-order chi connectivity index (χ1) is 8.65. The maximum Gasteiger partial charge on any atom is 0.261 e. The number of benzene rings is 1. The van der Waals surface area contributed by atoms with Gasteiger partial charge in [-0.25, -0.2) is 0 Å². The Bertz CT molecular complexity index is 516. The second-order valence-corrected chi connectivity index (χ2v) is 4.04. The molecule has 1 aliphatic rings. The molecule has 0 unspecified atom stereocenters. The molecule has 4 nitrogen and oxygen atoms in total. The van der Waals surface area contributed by atoms with Crippen molar-refractivity contribution in [1.82, 2.24) is 4.90 Å². The molecule has 0 saturated heterocycles. The van der Waals surface area contributed by atoms with Crippen LogP contribution in [0.3, 0.4) is 0 Å². The highest BCUT2D eigenvalue weighted by Gasteiger charge is 2.33. The predicted molar refractivity (Wildman–Crippen MR) is 66.7 cm³/mol. The van der Waals surface area contributed by atoms with Crippen molar-refractivity contribution in [2.24, 2.45) is 0 Å². The maximum atomic E-state index is 11.9. The lowest BCUT2D eigenvalue weighted by Crippen LogP contribution is -2.29. The summed E-state index contributed by atoms with van der Waals surface area (Å²) in [5, 5.41) is 0. The number of amides is 2. The van der Waals surface area contributed by atoms with Gasteiger partial charge in [-0.1, -0.05) is 18.2 Å². The molecule has 1 aromatic rings. The Hall–Kier alpha value is -1.94. The topological polar surface area (TPSA) is 54.5 Å². The van der Waals surface area contributed by atoms with Crippen molar-refractivity contribution in [2.75, 3.05) is 12.4 Å². The van der Waals surface area contributed by atoms with E-state index in [9.17, 15) is 14.4 Å². The highest BCUT2D eigenvalue weighted by Crippen LogP contribution is 2.21. The van der Waals surface area contributed by atoms with E-state index >= 15 is 0 Å². The first-order valence-electron chi connectivity index (χ1n) is 5.35. The molecule has 0 N–H and O–H groups in total. The molecule has 5 heteroatoms. The van der Waals surface area contributed by atoms with E-state index in [1.165, 1.54) is 12.2 Å². The van der Waals surface area contributed by atoms with Crippen LogP contribution < -0.4 is 0 Å². The summed E-state index contributed by atoms with van der Waals surface area (Å²) < 4.78 is 0. The van der Waals surface area contributed by atoms with Crippen LogP contribution in [0.15, 0.2) is 36.4 Å². The van der Waals surface area contributed by atoms with Gasteiger partial charge in [0.05, 0.1) is 17.0 Å². The van der Waals surface area contributed by atoms with E-state index in [4.69, 9.17) is 11.6 Å². The molecule has 0 spiro atoms. The summed E-state index contributed by atoms with van der Waals surface area (Å²) in [5.74, 6) is -1.04. The molecule has 1 aliphatic heterocycles. The van der Waals surface area contributed by atoms with Gasteiger partial charge in [-0.2, -0.15) is 0 Å². The van der Waals surface area contributed by atoms with Crippen LogP contribution in [0.25, 0.3) is 0 Å². The van der Waals surface area contributed by atoms with Gasteiger partial charge in [-0.15, -0.1) is 11.6 Å². The van der Waals surface area contributed by atoms with Gasteiger partial charge in [0, 0.05) is 6.54 Å². The summed E-state index contributed by atoms with van der Waals surface area (Å²) in [6.07, 6.45) is 2.74. The van der Waals surface area contributed by atoms with E-state index in [0.717, 1.165) is 4.90 Å². The van der Waals surface area contributed by atoms with Gasteiger partial charge in [0.1, 0.15) is 0 Å². The zero-order valence-corrected chi connectivity index (χ0v) is 10.2. The Kier molecular flexibility index (Phi) is 3.58. The van der Waals surface area contributed by atoms with E-state index in [2.05, 4.69) is 0 Å². The van der Waals surface area contributed by atoms with Crippen LogP contribution in [-0.2, 0) is 4.79 Å². The van der Waals surface area contributed by atoms with Gasteiger partial charge in [-0.3, -0.25) is 19.3 Å². The number of hydrogen-bond donors (Lipinski definition) is 0. The third-order valence-electron chi connectivity index (χ3n) is 2.60. The minimum atomic E-state index is -0.335. The van der Waals surface area contributed by atoms with Gasteiger partial charge in [0.15, 0.2) is 5.78 Å². The average Bonchev–Trinajstić information content (AvgIpc) is 2.64. The lowest BCUT2D eigenvalue weighted by atomic mass is 10.1. The van der Waals surface area contributed by atoms with Crippen LogP contribution in [0, 0.1) is 0 Å². The SMILES string of the molecule is O=C(C=CCN1C(=O)c2ccccc2C1=O)CCl. The number of alkyl halides is 1. The predicted octanol–water partition coefficient (Wildman–Crippen LogP) is 1.65. The molecular formula is C13H10ClNO3. The van der Waals surface area contributed by atoms with E-state index in [0.29, 0.717) is 11.1 Å². The molecule has 0 bridgehead atoms. The van der Waals surface area contributed by atoms with Crippen LogP contribution >= 0.6 is 11.6 Å². The summed E-state index contributed by atoms with van der Waals surface area (Å²) in [4.78, 5) is 35.9. The lowest BCUT2D eigenvalue weighted by Gasteiger charge is -2.09. The lowest BCUT2D eigenvalue weighted by molar-refractivity contribution is -0.112. The molecule has 0 radical (unpaired) electrons. The van der Waals surface area contributed by atoms with Gasteiger partial charge in [-0.05, 0) is 18.2 Å². The van der Waals surface area contributed by atoms with Crippen LogP contribution in [0.2, 0.25) is 0 Å². The van der Waals surface area contributed by atoms with E-state index in [-0.39, 0.29) is 30.0 Å². The largest absolute Gasteiger partial charge is 0.294 e. The van der Waals surface area contributed by atoms with Crippen molar-refractivity contribution in [1.29, 1.82) is 0 Å². The van der Waals surface area contributed by atoms with Crippen LogP contribution in [0.5, 0.6) is 0 Å². The second-order valence-electron chi connectivity index (χ2n) is 3.77. The maximum absolute atomic E-state index is 11.9. The third kappa shape index (κ3) is 2.19. The molecular weight excluding hydrogens is 254 g/mol.